The first-order chi connectivity index (χ1) is 15.4. The summed E-state index contributed by atoms with van der Waals surface area (Å²) in [5, 5.41) is 5.08. The molecule has 0 saturated heterocycles. The van der Waals surface area contributed by atoms with Gasteiger partial charge in [0.15, 0.2) is 0 Å². The Morgan fingerprint density at radius 3 is 2.72 bits per heavy atom. The van der Waals surface area contributed by atoms with Crippen molar-refractivity contribution in [1.82, 2.24) is 14.5 Å². The van der Waals surface area contributed by atoms with Gasteiger partial charge in [-0.15, -0.1) is 0 Å². The van der Waals surface area contributed by atoms with E-state index >= 15 is 0 Å². The van der Waals surface area contributed by atoms with Gasteiger partial charge in [0.1, 0.15) is 5.69 Å². The molecule has 1 unspecified atom stereocenters. The summed E-state index contributed by atoms with van der Waals surface area (Å²) in [6.45, 7) is 8.76. The molecule has 2 aromatic carbocycles. The van der Waals surface area contributed by atoms with Gasteiger partial charge in [0.2, 0.25) is 0 Å². The first-order valence-corrected chi connectivity index (χ1v) is 11.9. The Hall–Kier alpha value is -3.08. The highest BCUT2D eigenvalue weighted by Crippen LogP contribution is 2.44. The molecule has 5 rings (SSSR count). The van der Waals surface area contributed by atoms with E-state index in [1.165, 1.54) is 35.9 Å². The fraction of sp³-hybridized carbons (Fsp3) is 0.407. The number of aromatic nitrogens is 3. The van der Waals surface area contributed by atoms with E-state index in [0.29, 0.717) is 18.0 Å². The summed E-state index contributed by atoms with van der Waals surface area (Å²) in [5.41, 5.74) is 6.59. The molecule has 5 nitrogen and oxygen atoms in total. The standard InChI is InChI=1S/C27H32N4O/c1-5-6-9-12-27(4)25-14-18-10-7-8-11-23(18)31(25)24-16-20-19(15-21(24)30-27)29-26(32)22(28-20)13-17(2)3/h7-8,10-11,14-17,30H,5-6,9,12-13H2,1-4H3,(H,29,32). The summed E-state index contributed by atoms with van der Waals surface area (Å²) in [6, 6.07) is 15.1. The van der Waals surface area contributed by atoms with Gasteiger partial charge in [-0.05, 0) is 49.9 Å². The fourth-order valence-corrected chi connectivity index (χ4v) is 5.07. The number of fused-ring (bicyclic) bond motifs is 6. The molecule has 4 aromatic rings. The average Bonchev–Trinajstić information content (AvgIpc) is 3.15. The van der Waals surface area contributed by atoms with Crippen LogP contribution in [0.1, 0.15) is 64.8 Å². The van der Waals surface area contributed by atoms with Crippen LogP contribution in [-0.2, 0) is 12.0 Å². The van der Waals surface area contributed by atoms with E-state index in [1.807, 2.05) is 0 Å². The summed E-state index contributed by atoms with van der Waals surface area (Å²) < 4.78 is 2.39. The molecule has 0 radical (unpaired) electrons. The third kappa shape index (κ3) is 3.40. The van der Waals surface area contributed by atoms with Crippen molar-refractivity contribution in [2.45, 2.75) is 65.3 Å². The third-order valence-electron chi connectivity index (χ3n) is 6.69. The molecule has 166 valence electrons. The number of unbranched alkanes of at least 4 members (excludes halogenated alkanes) is 2. The topological polar surface area (TPSA) is 62.7 Å². The van der Waals surface area contributed by atoms with Crippen molar-refractivity contribution < 1.29 is 0 Å². The first-order valence-electron chi connectivity index (χ1n) is 11.9. The van der Waals surface area contributed by atoms with Gasteiger partial charge in [0.25, 0.3) is 5.56 Å². The molecule has 2 aromatic heterocycles. The van der Waals surface area contributed by atoms with Crippen LogP contribution in [0.4, 0.5) is 5.69 Å². The largest absolute Gasteiger partial charge is 0.373 e. The molecule has 0 aliphatic carbocycles. The molecule has 0 fully saturated rings. The van der Waals surface area contributed by atoms with Crippen LogP contribution in [0.2, 0.25) is 0 Å². The minimum absolute atomic E-state index is 0.0835. The Labute approximate surface area is 188 Å². The van der Waals surface area contributed by atoms with Gasteiger partial charge in [-0.1, -0.05) is 58.2 Å². The highest BCUT2D eigenvalue weighted by atomic mass is 16.1. The number of anilines is 1. The van der Waals surface area contributed by atoms with Crippen LogP contribution >= 0.6 is 0 Å². The number of hydrogen-bond acceptors (Lipinski definition) is 3. The number of aromatic amines is 1. The fourth-order valence-electron chi connectivity index (χ4n) is 5.07. The van der Waals surface area contributed by atoms with Gasteiger partial charge >= 0.3 is 0 Å². The molecule has 0 amide bonds. The van der Waals surface area contributed by atoms with Gasteiger partial charge in [-0.25, -0.2) is 4.98 Å². The zero-order chi connectivity index (χ0) is 22.5. The minimum Gasteiger partial charge on any atom is -0.373 e. The summed E-state index contributed by atoms with van der Waals surface area (Å²) >= 11 is 0. The SMILES string of the molecule is CCCCCC1(C)Nc2cc3[nH]c(=O)c(CC(C)C)nc3cc2-n2c1cc1ccccc12. The molecular weight excluding hydrogens is 396 g/mol. The van der Waals surface area contributed by atoms with Crippen LogP contribution in [0.3, 0.4) is 0 Å². The second-order valence-electron chi connectivity index (χ2n) is 9.84. The van der Waals surface area contributed by atoms with E-state index in [0.717, 1.165) is 28.8 Å². The minimum atomic E-state index is -0.180. The Kier molecular flexibility index (Phi) is 5.07. The number of benzene rings is 2. The van der Waals surface area contributed by atoms with E-state index in [9.17, 15) is 4.79 Å². The van der Waals surface area contributed by atoms with Crippen molar-refractivity contribution in [3.8, 4) is 5.69 Å². The van der Waals surface area contributed by atoms with E-state index in [1.54, 1.807) is 0 Å². The lowest BCUT2D eigenvalue weighted by Gasteiger charge is -2.39. The zero-order valence-electron chi connectivity index (χ0n) is 19.5. The first kappa shape index (κ1) is 20.8. The van der Waals surface area contributed by atoms with Crippen LogP contribution in [-0.4, -0.2) is 14.5 Å². The average molecular weight is 429 g/mol. The molecule has 1 aliphatic heterocycles. The lowest BCUT2D eigenvalue weighted by Crippen LogP contribution is -2.37. The van der Waals surface area contributed by atoms with Crippen LogP contribution in [0, 0.1) is 5.92 Å². The Morgan fingerprint density at radius 2 is 1.94 bits per heavy atom. The molecule has 0 saturated carbocycles. The number of hydrogen-bond donors (Lipinski definition) is 2. The van der Waals surface area contributed by atoms with Crippen LogP contribution in [0.15, 0.2) is 47.3 Å². The van der Waals surface area contributed by atoms with E-state index < -0.39 is 0 Å². The Morgan fingerprint density at radius 1 is 1.12 bits per heavy atom. The predicted octanol–water partition coefficient (Wildman–Crippen LogP) is 6.29. The summed E-state index contributed by atoms with van der Waals surface area (Å²) in [4.78, 5) is 20.5. The highest BCUT2D eigenvalue weighted by Gasteiger charge is 2.36. The maximum Gasteiger partial charge on any atom is 0.270 e. The van der Waals surface area contributed by atoms with Crippen molar-refractivity contribution in [1.29, 1.82) is 0 Å². The molecule has 2 N–H and O–H groups in total. The molecule has 1 aliphatic rings. The lowest BCUT2D eigenvalue weighted by atomic mass is 9.88. The van der Waals surface area contributed by atoms with E-state index in [2.05, 4.69) is 85.0 Å². The summed E-state index contributed by atoms with van der Waals surface area (Å²) in [5.74, 6) is 0.379. The van der Waals surface area contributed by atoms with Crippen molar-refractivity contribution in [3.05, 3.63) is 64.2 Å². The van der Waals surface area contributed by atoms with Gasteiger partial charge < -0.3 is 14.9 Å². The van der Waals surface area contributed by atoms with Gasteiger partial charge in [0, 0.05) is 11.1 Å². The van der Waals surface area contributed by atoms with Crippen molar-refractivity contribution in [2.24, 2.45) is 5.92 Å². The monoisotopic (exact) mass is 428 g/mol. The summed E-state index contributed by atoms with van der Waals surface area (Å²) in [7, 11) is 0. The lowest BCUT2D eigenvalue weighted by molar-refractivity contribution is 0.440. The number of rotatable bonds is 6. The second kappa shape index (κ2) is 7.80. The van der Waals surface area contributed by atoms with Crippen molar-refractivity contribution in [2.75, 3.05) is 5.32 Å². The van der Waals surface area contributed by atoms with Crippen LogP contribution in [0.25, 0.3) is 27.6 Å². The van der Waals surface area contributed by atoms with Crippen LogP contribution in [0.5, 0.6) is 0 Å². The number of nitrogens with zero attached hydrogens (tertiary/aromatic N) is 2. The maximum absolute atomic E-state index is 12.6. The Bertz CT molecular complexity index is 1360. The molecular formula is C27H32N4O. The smallest absolute Gasteiger partial charge is 0.270 e. The second-order valence-corrected chi connectivity index (χ2v) is 9.84. The molecule has 3 heterocycles. The number of nitrogens with one attached hydrogen (secondary N) is 2. The van der Waals surface area contributed by atoms with Crippen molar-refractivity contribution >= 4 is 27.6 Å². The highest BCUT2D eigenvalue weighted by molar-refractivity contribution is 5.91. The van der Waals surface area contributed by atoms with E-state index in [-0.39, 0.29) is 11.1 Å². The summed E-state index contributed by atoms with van der Waals surface area (Å²) in [6.07, 6.45) is 5.32. The van der Waals surface area contributed by atoms with Gasteiger partial charge in [-0.3, -0.25) is 4.79 Å². The van der Waals surface area contributed by atoms with Crippen LogP contribution < -0.4 is 10.9 Å². The molecule has 1 atom stereocenters. The van der Waals surface area contributed by atoms with Gasteiger partial charge in [-0.2, -0.15) is 0 Å². The molecule has 32 heavy (non-hydrogen) atoms. The zero-order valence-corrected chi connectivity index (χ0v) is 19.5. The van der Waals surface area contributed by atoms with E-state index in [4.69, 9.17) is 4.98 Å². The van der Waals surface area contributed by atoms with Crippen molar-refractivity contribution in [3.63, 3.8) is 0 Å². The van der Waals surface area contributed by atoms with Gasteiger partial charge in [0.05, 0.1) is 33.5 Å². The molecule has 5 heteroatoms. The number of para-hydroxylation sites is 1. The molecule has 0 spiro atoms. The third-order valence-corrected chi connectivity index (χ3v) is 6.69. The number of H-pyrrole nitrogens is 1. The maximum atomic E-state index is 12.6. The normalized spacial score (nSPS) is 17.5. The predicted molar refractivity (Wildman–Crippen MR) is 133 cm³/mol. The molecule has 0 bridgehead atoms. The Balaban J connectivity index is 1.73. The quantitative estimate of drug-likeness (QED) is 0.355.